The van der Waals surface area contributed by atoms with Gasteiger partial charge in [0.15, 0.2) is 0 Å². The Balaban J connectivity index is 1.41. The number of anilines is 1. The third-order valence-electron chi connectivity index (χ3n) is 5.98. The van der Waals surface area contributed by atoms with Crippen LogP contribution in [0.25, 0.3) is 10.6 Å². The summed E-state index contributed by atoms with van der Waals surface area (Å²) < 4.78 is 5.23. The van der Waals surface area contributed by atoms with E-state index in [0.717, 1.165) is 34.5 Å². The fraction of sp³-hybridized carbons (Fsp3) is 0.600. The van der Waals surface area contributed by atoms with Crippen molar-refractivity contribution in [3.8, 4) is 16.3 Å². The Kier molecular flexibility index (Phi) is 5.14. The van der Waals surface area contributed by atoms with Gasteiger partial charge in [-0.25, -0.2) is 0 Å². The lowest BCUT2D eigenvalue weighted by Crippen LogP contribution is -2.55. The number of rotatable bonds is 4. The summed E-state index contributed by atoms with van der Waals surface area (Å²) in [6.45, 7) is 7.15. The molecule has 2 aromatic rings. The first-order valence-corrected chi connectivity index (χ1v) is 10.5. The number of benzene rings is 1. The molecule has 0 atom stereocenters. The third kappa shape index (κ3) is 3.58. The van der Waals surface area contributed by atoms with E-state index in [9.17, 15) is 0 Å². The quantitative estimate of drug-likeness (QED) is 0.810. The predicted octanol–water partition coefficient (Wildman–Crippen LogP) is 4.06. The number of nitrogens with zero attached hydrogens (tertiary/aromatic N) is 4. The molecule has 1 aromatic heterocycles. The van der Waals surface area contributed by atoms with Crippen LogP contribution in [0, 0.1) is 0 Å². The van der Waals surface area contributed by atoms with E-state index >= 15 is 0 Å². The number of piperidine rings is 2. The van der Waals surface area contributed by atoms with Gasteiger partial charge in [-0.15, -0.1) is 10.2 Å². The molecule has 3 heterocycles. The summed E-state index contributed by atoms with van der Waals surface area (Å²) >= 11 is 1.69. The van der Waals surface area contributed by atoms with Gasteiger partial charge in [0.05, 0.1) is 7.11 Å². The normalized spacial score (nSPS) is 20.9. The molecule has 0 aliphatic carbocycles. The zero-order valence-corrected chi connectivity index (χ0v) is 16.6. The zero-order chi connectivity index (χ0) is 18.0. The van der Waals surface area contributed by atoms with Crippen LogP contribution in [0.15, 0.2) is 24.3 Å². The summed E-state index contributed by atoms with van der Waals surface area (Å²) in [5, 5.41) is 10.9. The monoisotopic (exact) mass is 372 g/mol. The molecule has 0 N–H and O–H groups in total. The molecule has 0 spiro atoms. The molecular formula is C20H28N4OS. The minimum Gasteiger partial charge on any atom is -0.497 e. The van der Waals surface area contributed by atoms with Crippen molar-refractivity contribution < 1.29 is 4.74 Å². The number of likely N-dealkylation sites (tertiary alicyclic amines) is 1. The van der Waals surface area contributed by atoms with Crippen molar-refractivity contribution in [3.05, 3.63) is 24.3 Å². The highest BCUT2D eigenvalue weighted by molar-refractivity contribution is 7.18. The van der Waals surface area contributed by atoms with Gasteiger partial charge in [-0.05, 0) is 70.0 Å². The standard InChI is InChI=1S/C20H28N4OS/c1-20(24-12-4-3-5-13-24)10-14-23(15-11-20)19-22-21-18(26-19)16-6-8-17(25-2)9-7-16/h6-9H,3-5,10-15H2,1-2H3. The second-order valence-electron chi connectivity index (χ2n) is 7.65. The molecule has 6 heteroatoms. The van der Waals surface area contributed by atoms with Gasteiger partial charge in [0.2, 0.25) is 5.13 Å². The summed E-state index contributed by atoms with van der Waals surface area (Å²) in [4.78, 5) is 5.15. The number of aromatic nitrogens is 2. The van der Waals surface area contributed by atoms with Crippen molar-refractivity contribution in [2.24, 2.45) is 0 Å². The van der Waals surface area contributed by atoms with Crippen LogP contribution in [-0.4, -0.2) is 53.9 Å². The first-order chi connectivity index (χ1) is 12.7. The van der Waals surface area contributed by atoms with Crippen molar-refractivity contribution in [1.82, 2.24) is 15.1 Å². The van der Waals surface area contributed by atoms with Gasteiger partial charge in [-0.2, -0.15) is 0 Å². The number of methoxy groups -OCH3 is 1. The Morgan fingerprint density at radius 2 is 1.65 bits per heavy atom. The Morgan fingerprint density at radius 1 is 0.962 bits per heavy atom. The van der Waals surface area contributed by atoms with Gasteiger partial charge in [0.1, 0.15) is 10.8 Å². The van der Waals surface area contributed by atoms with Gasteiger partial charge in [0.25, 0.3) is 0 Å². The second-order valence-corrected chi connectivity index (χ2v) is 8.61. The first kappa shape index (κ1) is 17.7. The number of ether oxygens (including phenoxy) is 1. The van der Waals surface area contributed by atoms with Crippen molar-refractivity contribution in [2.75, 3.05) is 38.2 Å². The largest absolute Gasteiger partial charge is 0.497 e. The molecule has 0 unspecified atom stereocenters. The van der Waals surface area contributed by atoms with Gasteiger partial charge >= 0.3 is 0 Å². The Hall–Kier alpha value is -1.66. The topological polar surface area (TPSA) is 41.5 Å². The van der Waals surface area contributed by atoms with Crippen LogP contribution in [0.2, 0.25) is 0 Å². The van der Waals surface area contributed by atoms with Crippen LogP contribution >= 0.6 is 11.3 Å². The highest BCUT2D eigenvalue weighted by Crippen LogP contribution is 2.35. The van der Waals surface area contributed by atoms with E-state index in [4.69, 9.17) is 4.74 Å². The van der Waals surface area contributed by atoms with Crippen LogP contribution in [0.1, 0.15) is 39.0 Å². The van der Waals surface area contributed by atoms with E-state index in [1.165, 1.54) is 45.2 Å². The van der Waals surface area contributed by atoms with E-state index in [1.54, 1.807) is 18.4 Å². The number of hydrogen-bond acceptors (Lipinski definition) is 6. The lowest BCUT2D eigenvalue weighted by molar-refractivity contribution is 0.0593. The Bertz CT molecular complexity index is 716. The van der Waals surface area contributed by atoms with E-state index < -0.39 is 0 Å². The lowest BCUT2D eigenvalue weighted by Gasteiger charge is -2.48. The summed E-state index contributed by atoms with van der Waals surface area (Å²) in [5.74, 6) is 0.867. The smallest absolute Gasteiger partial charge is 0.208 e. The maximum Gasteiger partial charge on any atom is 0.208 e. The van der Waals surface area contributed by atoms with Crippen LogP contribution in [0.3, 0.4) is 0 Å². The van der Waals surface area contributed by atoms with Gasteiger partial charge < -0.3 is 9.64 Å². The minimum absolute atomic E-state index is 0.362. The third-order valence-corrected chi connectivity index (χ3v) is 7.02. The van der Waals surface area contributed by atoms with Crippen molar-refractivity contribution in [2.45, 2.75) is 44.6 Å². The molecule has 2 fully saturated rings. The highest BCUT2D eigenvalue weighted by Gasteiger charge is 2.36. The SMILES string of the molecule is COc1ccc(-c2nnc(N3CCC(C)(N4CCCCC4)CC3)s2)cc1. The molecular weight excluding hydrogens is 344 g/mol. The lowest BCUT2D eigenvalue weighted by atomic mass is 9.86. The molecule has 1 aromatic carbocycles. The van der Waals surface area contributed by atoms with Crippen LogP contribution in [0.5, 0.6) is 5.75 Å². The molecule has 0 amide bonds. The predicted molar refractivity (Wildman–Crippen MR) is 107 cm³/mol. The molecule has 0 radical (unpaired) electrons. The molecule has 2 aliphatic rings. The zero-order valence-electron chi connectivity index (χ0n) is 15.8. The first-order valence-electron chi connectivity index (χ1n) is 9.66. The molecule has 2 aliphatic heterocycles. The molecule has 26 heavy (non-hydrogen) atoms. The highest BCUT2D eigenvalue weighted by atomic mass is 32.1. The van der Waals surface area contributed by atoms with Gasteiger partial charge in [-0.1, -0.05) is 17.8 Å². The van der Waals surface area contributed by atoms with Gasteiger partial charge in [0, 0.05) is 24.2 Å². The summed E-state index contributed by atoms with van der Waals surface area (Å²) in [7, 11) is 1.69. The van der Waals surface area contributed by atoms with Crippen molar-refractivity contribution in [3.63, 3.8) is 0 Å². The summed E-state index contributed by atoms with van der Waals surface area (Å²) in [5.41, 5.74) is 1.46. The molecule has 0 bridgehead atoms. The van der Waals surface area contributed by atoms with E-state index in [-0.39, 0.29) is 0 Å². The van der Waals surface area contributed by atoms with Gasteiger partial charge in [-0.3, -0.25) is 4.90 Å². The second kappa shape index (κ2) is 7.53. The van der Waals surface area contributed by atoms with Crippen LogP contribution in [0.4, 0.5) is 5.13 Å². The van der Waals surface area contributed by atoms with Crippen molar-refractivity contribution >= 4 is 16.5 Å². The van der Waals surface area contributed by atoms with Crippen LogP contribution in [-0.2, 0) is 0 Å². The average Bonchev–Trinajstić information content (AvgIpc) is 3.19. The van der Waals surface area contributed by atoms with E-state index in [1.807, 2.05) is 24.3 Å². The summed E-state index contributed by atoms with van der Waals surface area (Å²) in [6.07, 6.45) is 6.55. The van der Waals surface area contributed by atoms with E-state index in [0.29, 0.717) is 5.54 Å². The van der Waals surface area contributed by atoms with E-state index in [2.05, 4.69) is 26.9 Å². The molecule has 0 saturated carbocycles. The maximum atomic E-state index is 5.23. The fourth-order valence-electron chi connectivity index (χ4n) is 4.12. The Labute approximate surface area is 160 Å². The molecule has 2 saturated heterocycles. The van der Waals surface area contributed by atoms with Crippen molar-refractivity contribution in [1.29, 1.82) is 0 Å². The minimum atomic E-state index is 0.362. The number of hydrogen-bond donors (Lipinski definition) is 0. The summed E-state index contributed by atoms with van der Waals surface area (Å²) in [6, 6.07) is 8.04. The fourth-order valence-corrected chi connectivity index (χ4v) is 5.03. The maximum absolute atomic E-state index is 5.23. The van der Waals surface area contributed by atoms with Crippen LogP contribution < -0.4 is 9.64 Å². The molecule has 4 rings (SSSR count). The average molecular weight is 373 g/mol. The Morgan fingerprint density at radius 3 is 2.31 bits per heavy atom. The molecule has 140 valence electrons. The molecule has 5 nitrogen and oxygen atoms in total.